The molecule has 0 spiro atoms. The monoisotopic (exact) mass is 246 g/mol. The van der Waals surface area contributed by atoms with E-state index in [2.05, 4.69) is 10.6 Å². The minimum atomic E-state index is -1.40. The number of hydrogen-bond acceptors (Lipinski definition) is 5. The molecular formula is C11H22N2O4. The molecule has 0 aliphatic heterocycles. The highest BCUT2D eigenvalue weighted by molar-refractivity contribution is 5.81. The molecule has 0 fully saturated rings. The normalized spacial score (nSPS) is 10.9. The number of ketones is 1. The zero-order valence-corrected chi connectivity index (χ0v) is 10.4. The first-order chi connectivity index (χ1) is 7.93. The number of aliphatic hydroxyl groups is 2. The van der Waals surface area contributed by atoms with E-state index < -0.39 is 6.29 Å². The summed E-state index contributed by atoms with van der Waals surface area (Å²) in [4.78, 5) is 22.5. The van der Waals surface area contributed by atoms with Gasteiger partial charge in [0.25, 0.3) is 0 Å². The average Bonchev–Trinajstić information content (AvgIpc) is 2.23. The predicted molar refractivity (Wildman–Crippen MR) is 63.2 cm³/mol. The summed E-state index contributed by atoms with van der Waals surface area (Å²) in [6.07, 6.45) is -0.795. The van der Waals surface area contributed by atoms with Crippen molar-refractivity contribution in [2.45, 2.75) is 33.0 Å². The van der Waals surface area contributed by atoms with Crippen LogP contribution in [0.15, 0.2) is 0 Å². The summed E-state index contributed by atoms with van der Waals surface area (Å²) in [5, 5.41) is 22.4. The summed E-state index contributed by atoms with van der Waals surface area (Å²) < 4.78 is 0. The highest BCUT2D eigenvalue weighted by atomic mass is 16.5. The van der Waals surface area contributed by atoms with Gasteiger partial charge < -0.3 is 20.8 Å². The Kier molecular flexibility index (Phi) is 8.57. The van der Waals surface area contributed by atoms with E-state index in [4.69, 9.17) is 10.2 Å². The molecule has 0 aromatic heterocycles. The van der Waals surface area contributed by atoms with Crippen LogP contribution < -0.4 is 10.6 Å². The van der Waals surface area contributed by atoms with Gasteiger partial charge in [-0.3, -0.25) is 9.59 Å². The lowest BCUT2D eigenvalue weighted by atomic mass is 10.1. The van der Waals surface area contributed by atoms with Crippen LogP contribution in [0.1, 0.15) is 26.7 Å². The second-order valence-corrected chi connectivity index (χ2v) is 4.16. The van der Waals surface area contributed by atoms with Crippen molar-refractivity contribution >= 4 is 11.7 Å². The lowest BCUT2D eigenvalue weighted by Gasteiger charge is -2.08. The summed E-state index contributed by atoms with van der Waals surface area (Å²) in [7, 11) is 0. The molecule has 0 radical (unpaired) electrons. The van der Waals surface area contributed by atoms with Crippen LogP contribution in [0.2, 0.25) is 0 Å². The number of aliphatic hydroxyl groups excluding tert-OH is 1. The Morgan fingerprint density at radius 1 is 1.12 bits per heavy atom. The zero-order valence-electron chi connectivity index (χ0n) is 10.4. The van der Waals surface area contributed by atoms with Crippen molar-refractivity contribution in [3.05, 3.63) is 0 Å². The van der Waals surface area contributed by atoms with Crippen LogP contribution in [0.5, 0.6) is 0 Å². The average molecular weight is 246 g/mol. The fourth-order valence-corrected chi connectivity index (χ4v) is 1.14. The smallest absolute Gasteiger partial charge is 0.221 e. The van der Waals surface area contributed by atoms with Crippen molar-refractivity contribution in [1.29, 1.82) is 0 Å². The molecule has 4 N–H and O–H groups in total. The second-order valence-electron chi connectivity index (χ2n) is 4.16. The molecule has 1 amide bonds. The van der Waals surface area contributed by atoms with E-state index in [9.17, 15) is 9.59 Å². The van der Waals surface area contributed by atoms with E-state index in [1.165, 1.54) is 0 Å². The Hall–Kier alpha value is -0.980. The molecule has 0 saturated carbocycles. The number of carbonyl (C=O) groups is 2. The van der Waals surface area contributed by atoms with Gasteiger partial charge in [0.15, 0.2) is 6.29 Å². The third-order valence-corrected chi connectivity index (χ3v) is 2.19. The molecule has 6 heteroatoms. The van der Waals surface area contributed by atoms with Crippen molar-refractivity contribution in [2.75, 3.05) is 19.6 Å². The molecule has 0 unspecified atom stereocenters. The lowest BCUT2D eigenvalue weighted by Crippen LogP contribution is -2.32. The van der Waals surface area contributed by atoms with Gasteiger partial charge in [-0.15, -0.1) is 0 Å². The van der Waals surface area contributed by atoms with E-state index in [0.717, 1.165) is 0 Å². The molecule has 0 bridgehead atoms. The molecule has 0 aromatic carbocycles. The summed E-state index contributed by atoms with van der Waals surface area (Å²) in [6.45, 7) is 4.43. The number of carbonyl (C=O) groups excluding carboxylic acids is 2. The molecule has 0 rings (SSSR count). The van der Waals surface area contributed by atoms with Gasteiger partial charge in [-0.25, -0.2) is 0 Å². The molecular weight excluding hydrogens is 224 g/mol. The van der Waals surface area contributed by atoms with Gasteiger partial charge in [-0.2, -0.15) is 0 Å². The van der Waals surface area contributed by atoms with Crippen LogP contribution in [0, 0.1) is 5.92 Å². The van der Waals surface area contributed by atoms with Crippen LogP contribution in [0.3, 0.4) is 0 Å². The summed E-state index contributed by atoms with van der Waals surface area (Å²) in [5.41, 5.74) is 0. The lowest BCUT2D eigenvalue weighted by molar-refractivity contribution is -0.122. The van der Waals surface area contributed by atoms with E-state index in [-0.39, 0.29) is 30.6 Å². The SMILES string of the molecule is CC(C)C(=O)CCNC(=O)CCNCC(O)O. The van der Waals surface area contributed by atoms with Gasteiger partial charge in [0.1, 0.15) is 5.78 Å². The highest BCUT2D eigenvalue weighted by Crippen LogP contribution is 1.97. The third kappa shape index (κ3) is 9.92. The van der Waals surface area contributed by atoms with E-state index in [0.29, 0.717) is 19.5 Å². The maximum absolute atomic E-state index is 11.3. The molecule has 0 atom stereocenters. The molecule has 100 valence electrons. The molecule has 17 heavy (non-hydrogen) atoms. The van der Waals surface area contributed by atoms with Crippen molar-refractivity contribution < 1.29 is 19.8 Å². The minimum absolute atomic E-state index is 0.000361. The minimum Gasteiger partial charge on any atom is -0.367 e. The van der Waals surface area contributed by atoms with Crippen LogP contribution in [0.25, 0.3) is 0 Å². The Bertz CT molecular complexity index is 242. The molecule has 0 aromatic rings. The number of amides is 1. The van der Waals surface area contributed by atoms with Gasteiger partial charge in [0.05, 0.1) is 0 Å². The summed E-state index contributed by atoms with van der Waals surface area (Å²) in [6, 6.07) is 0. The summed E-state index contributed by atoms with van der Waals surface area (Å²) in [5.74, 6) is -0.0204. The van der Waals surface area contributed by atoms with Crippen LogP contribution in [-0.4, -0.2) is 47.8 Å². The highest BCUT2D eigenvalue weighted by Gasteiger charge is 2.07. The first-order valence-corrected chi connectivity index (χ1v) is 5.79. The van der Waals surface area contributed by atoms with Crippen molar-refractivity contribution in [3.8, 4) is 0 Å². The van der Waals surface area contributed by atoms with Gasteiger partial charge in [0, 0.05) is 38.4 Å². The largest absolute Gasteiger partial charge is 0.367 e. The molecule has 0 aliphatic carbocycles. The number of nitrogens with one attached hydrogen (secondary N) is 2. The Morgan fingerprint density at radius 2 is 1.76 bits per heavy atom. The van der Waals surface area contributed by atoms with Crippen LogP contribution in [-0.2, 0) is 9.59 Å². The maximum atomic E-state index is 11.3. The van der Waals surface area contributed by atoms with Crippen LogP contribution >= 0.6 is 0 Å². The van der Waals surface area contributed by atoms with Gasteiger partial charge >= 0.3 is 0 Å². The van der Waals surface area contributed by atoms with Gasteiger partial charge in [0.2, 0.25) is 5.91 Å². The van der Waals surface area contributed by atoms with Crippen molar-refractivity contribution in [3.63, 3.8) is 0 Å². The number of Topliss-reactive ketones (excluding diaryl/α,β-unsaturated/α-hetero) is 1. The molecule has 6 nitrogen and oxygen atoms in total. The topological polar surface area (TPSA) is 98.7 Å². The van der Waals surface area contributed by atoms with E-state index >= 15 is 0 Å². The molecule has 0 aliphatic rings. The number of hydrogen-bond donors (Lipinski definition) is 4. The fourth-order valence-electron chi connectivity index (χ4n) is 1.14. The summed E-state index contributed by atoms with van der Waals surface area (Å²) >= 11 is 0. The molecule has 0 saturated heterocycles. The van der Waals surface area contributed by atoms with Crippen molar-refractivity contribution in [2.24, 2.45) is 5.92 Å². The standard InChI is InChI=1S/C11H22N2O4/c1-8(2)9(14)3-6-13-10(15)4-5-12-7-11(16)17/h8,11-12,16-17H,3-7H2,1-2H3,(H,13,15). The fraction of sp³-hybridized carbons (Fsp3) is 0.818. The molecule has 0 heterocycles. The Balaban J connectivity index is 3.44. The maximum Gasteiger partial charge on any atom is 0.221 e. The predicted octanol–water partition coefficient (Wildman–Crippen LogP) is -0.992. The second kappa shape index (κ2) is 9.09. The van der Waals surface area contributed by atoms with Gasteiger partial charge in [-0.1, -0.05) is 13.8 Å². The van der Waals surface area contributed by atoms with Gasteiger partial charge in [-0.05, 0) is 0 Å². The third-order valence-electron chi connectivity index (χ3n) is 2.19. The Labute approximate surface area is 101 Å². The zero-order chi connectivity index (χ0) is 13.3. The van der Waals surface area contributed by atoms with Crippen LogP contribution in [0.4, 0.5) is 0 Å². The van der Waals surface area contributed by atoms with Crippen molar-refractivity contribution in [1.82, 2.24) is 10.6 Å². The quantitative estimate of drug-likeness (QED) is 0.309. The van der Waals surface area contributed by atoms with E-state index in [1.807, 2.05) is 13.8 Å². The van der Waals surface area contributed by atoms with E-state index in [1.54, 1.807) is 0 Å². The number of rotatable bonds is 9. The Morgan fingerprint density at radius 3 is 2.29 bits per heavy atom. The first kappa shape index (κ1) is 16.0. The first-order valence-electron chi connectivity index (χ1n) is 5.79.